The van der Waals surface area contributed by atoms with Crippen molar-refractivity contribution in [1.82, 2.24) is 10.6 Å². The first-order valence-electron chi connectivity index (χ1n) is 13.3. The van der Waals surface area contributed by atoms with Crippen molar-refractivity contribution < 1.29 is 9.59 Å². The smallest absolute Gasteiger partial charge is 0.243 e. The lowest BCUT2D eigenvalue weighted by molar-refractivity contribution is -0.172. The molecule has 8 aliphatic rings. The number of hydrogen-bond acceptors (Lipinski definition) is 2. The van der Waals surface area contributed by atoms with E-state index in [4.69, 9.17) is 0 Å². The summed E-state index contributed by atoms with van der Waals surface area (Å²) < 4.78 is 0. The molecule has 0 aliphatic heterocycles. The maximum Gasteiger partial charge on any atom is 0.243 e. The Morgan fingerprint density at radius 1 is 0.688 bits per heavy atom. The highest BCUT2D eigenvalue weighted by molar-refractivity contribution is 5.88. The van der Waals surface area contributed by atoms with Gasteiger partial charge in [-0.05, 0) is 111 Å². The van der Waals surface area contributed by atoms with E-state index < -0.39 is 0 Å². The molecular weight excluding hydrogens is 396 g/mol. The average Bonchev–Trinajstić information content (AvgIpc) is 2.52. The van der Waals surface area contributed by atoms with Gasteiger partial charge < -0.3 is 10.6 Å². The summed E-state index contributed by atoms with van der Waals surface area (Å²) in [4.78, 5) is 26.6. The molecule has 0 aromatic rings. The Morgan fingerprint density at radius 3 is 1.59 bits per heavy atom. The van der Waals surface area contributed by atoms with Crippen molar-refractivity contribution in [3.63, 3.8) is 0 Å². The molecule has 8 bridgehead atoms. The Bertz CT molecular complexity index is 843. The summed E-state index contributed by atoms with van der Waals surface area (Å²) in [5, 5.41) is 6.90. The highest BCUT2D eigenvalue weighted by Gasteiger charge is 2.65. The van der Waals surface area contributed by atoms with E-state index in [9.17, 15) is 9.59 Å². The first-order valence-corrected chi connectivity index (χ1v) is 13.3. The van der Waals surface area contributed by atoms with Gasteiger partial charge in [-0.25, -0.2) is 0 Å². The predicted molar refractivity (Wildman–Crippen MR) is 126 cm³/mol. The number of carbonyl (C=O) groups is 2. The summed E-state index contributed by atoms with van der Waals surface area (Å²) in [6.07, 6.45) is 14.6. The molecule has 8 saturated carbocycles. The summed E-state index contributed by atoms with van der Waals surface area (Å²) in [6.45, 7) is 11.4. The molecule has 0 spiro atoms. The standard InChI is InChI=1S/C28H44N2O2/c1-18(31)29-21(27-10-19-6-23(2,14-27)12-24(3,7-19)15-27)22(32)30-28-11-20-8-25(4,16-28)13-26(5,9-20)17-28/h19-21H,6-17H2,1-5H3,(H,29,31)(H,30,32). The van der Waals surface area contributed by atoms with Gasteiger partial charge in [0.15, 0.2) is 0 Å². The summed E-state index contributed by atoms with van der Waals surface area (Å²) in [7, 11) is 0. The molecule has 0 radical (unpaired) electrons. The average molecular weight is 441 g/mol. The molecule has 4 heteroatoms. The largest absolute Gasteiger partial charge is 0.349 e. The second-order valence-corrected chi connectivity index (χ2v) is 15.5. The van der Waals surface area contributed by atoms with Crippen LogP contribution in [0.15, 0.2) is 0 Å². The minimum atomic E-state index is -0.379. The lowest BCUT2D eigenvalue weighted by Gasteiger charge is -2.67. The van der Waals surface area contributed by atoms with Crippen LogP contribution in [0.4, 0.5) is 0 Å². The zero-order chi connectivity index (χ0) is 22.8. The molecular formula is C28H44N2O2. The van der Waals surface area contributed by atoms with Crippen molar-refractivity contribution in [2.75, 3.05) is 0 Å². The Kier molecular flexibility index (Phi) is 4.12. The molecule has 5 unspecified atom stereocenters. The van der Waals surface area contributed by atoms with E-state index in [0.29, 0.717) is 27.6 Å². The zero-order valence-electron chi connectivity index (χ0n) is 21.0. The van der Waals surface area contributed by atoms with E-state index in [1.54, 1.807) is 6.92 Å². The lowest BCUT2D eigenvalue weighted by atomic mass is 9.39. The van der Waals surface area contributed by atoms with E-state index in [0.717, 1.165) is 44.4 Å². The van der Waals surface area contributed by atoms with Gasteiger partial charge >= 0.3 is 0 Å². The van der Waals surface area contributed by atoms with Crippen LogP contribution in [0.25, 0.3) is 0 Å². The Hall–Kier alpha value is -1.06. The minimum Gasteiger partial charge on any atom is -0.349 e. The number of rotatable bonds is 4. The van der Waals surface area contributed by atoms with Crippen molar-refractivity contribution >= 4 is 11.8 Å². The van der Waals surface area contributed by atoms with Crippen molar-refractivity contribution in [1.29, 1.82) is 0 Å². The van der Waals surface area contributed by atoms with Crippen molar-refractivity contribution in [2.24, 2.45) is 38.9 Å². The van der Waals surface area contributed by atoms with Gasteiger partial charge in [0.25, 0.3) is 0 Å². The van der Waals surface area contributed by atoms with Gasteiger partial charge in [-0.1, -0.05) is 27.7 Å². The van der Waals surface area contributed by atoms with Gasteiger partial charge in [0.05, 0.1) is 0 Å². The third-order valence-electron chi connectivity index (χ3n) is 10.9. The SMILES string of the molecule is CC(=O)NC(C(=O)NC12CC3CC(C)(CC(C)(C3)C1)C2)C12CC3CC(C)(CC(C)(C3)C1)C2. The molecule has 0 saturated heterocycles. The maximum absolute atomic E-state index is 14.2. The molecule has 0 aromatic carbocycles. The monoisotopic (exact) mass is 440 g/mol. The van der Waals surface area contributed by atoms with E-state index in [1.807, 2.05) is 0 Å². The first-order chi connectivity index (χ1) is 14.7. The van der Waals surface area contributed by atoms with Crippen molar-refractivity contribution in [3.05, 3.63) is 0 Å². The van der Waals surface area contributed by atoms with Crippen LogP contribution in [0, 0.1) is 38.9 Å². The predicted octanol–water partition coefficient (Wildman–Crippen LogP) is 5.35. The van der Waals surface area contributed by atoms with E-state index in [1.165, 1.54) is 38.5 Å². The fourth-order valence-electron chi connectivity index (χ4n) is 12.5. The van der Waals surface area contributed by atoms with Gasteiger partial charge in [-0.15, -0.1) is 0 Å². The molecule has 32 heavy (non-hydrogen) atoms. The van der Waals surface area contributed by atoms with E-state index >= 15 is 0 Å². The molecule has 0 aromatic heterocycles. The van der Waals surface area contributed by atoms with E-state index in [2.05, 4.69) is 38.3 Å². The van der Waals surface area contributed by atoms with Gasteiger partial charge in [0.1, 0.15) is 6.04 Å². The highest BCUT2D eigenvalue weighted by Crippen LogP contribution is 2.71. The second kappa shape index (κ2) is 6.13. The highest BCUT2D eigenvalue weighted by atomic mass is 16.2. The second-order valence-electron chi connectivity index (χ2n) is 15.5. The number of nitrogens with one attached hydrogen (secondary N) is 2. The first kappa shape index (κ1) is 21.5. The Labute approximate surface area is 194 Å². The van der Waals surface area contributed by atoms with Gasteiger partial charge in [-0.3, -0.25) is 9.59 Å². The van der Waals surface area contributed by atoms with Gasteiger partial charge in [-0.2, -0.15) is 0 Å². The van der Waals surface area contributed by atoms with E-state index in [-0.39, 0.29) is 28.8 Å². The maximum atomic E-state index is 14.2. The molecule has 8 rings (SSSR count). The molecule has 178 valence electrons. The van der Waals surface area contributed by atoms with Crippen LogP contribution in [-0.2, 0) is 9.59 Å². The van der Waals surface area contributed by atoms with Crippen LogP contribution in [0.3, 0.4) is 0 Å². The van der Waals surface area contributed by atoms with Crippen molar-refractivity contribution in [2.45, 2.75) is 123 Å². The Morgan fingerprint density at radius 2 is 1.16 bits per heavy atom. The Balaban J connectivity index is 1.32. The van der Waals surface area contributed by atoms with Crippen LogP contribution < -0.4 is 10.6 Å². The lowest BCUT2D eigenvalue weighted by Crippen LogP contribution is -2.70. The minimum absolute atomic E-state index is 0.0550. The van der Waals surface area contributed by atoms with Gasteiger partial charge in [0, 0.05) is 17.9 Å². The fraction of sp³-hybridized carbons (Fsp3) is 0.929. The molecule has 0 heterocycles. The molecule has 5 atom stereocenters. The molecule has 8 fully saturated rings. The molecule has 2 amide bonds. The van der Waals surface area contributed by atoms with Crippen molar-refractivity contribution in [3.8, 4) is 0 Å². The molecule has 2 N–H and O–H groups in total. The number of amides is 2. The van der Waals surface area contributed by atoms with Crippen LogP contribution in [-0.4, -0.2) is 23.4 Å². The summed E-state index contributed by atoms with van der Waals surface area (Å²) >= 11 is 0. The summed E-state index contributed by atoms with van der Waals surface area (Å²) in [6, 6.07) is -0.379. The summed E-state index contributed by atoms with van der Waals surface area (Å²) in [5.74, 6) is 1.53. The van der Waals surface area contributed by atoms with Crippen LogP contribution in [0.2, 0.25) is 0 Å². The third kappa shape index (κ3) is 3.21. The third-order valence-corrected chi connectivity index (χ3v) is 10.9. The van der Waals surface area contributed by atoms with Crippen LogP contribution in [0.5, 0.6) is 0 Å². The zero-order valence-corrected chi connectivity index (χ0v) is 21.0. The number of carbonyl (C=O) groups excluding carboxylic acids is 2. The quantitative estimate of drug-likeness (QED) is 0.619. The summed E-state index contributed by atoms with van der Waals surface area (Å²) in [5.41, 5.74) is 1.25. The normalized spacial score (nSPS) is 55.7. The fourth-order valence-corrected chi connectivity index (χ4v) is 12.5. The van der Waals surface area contributed by atoms with Gasteiger partial charge in [0.2, 0.25) is 11.8 Å². The van der Waals surface area contributed by atoms with Crippen LogP contribution in [0.1, 0.15) is 112 Å². The molecule has 8 aliphatic carbocycles. The van der Waals surface area contributed by atoms with Crippen LogP contribution >= 0.6 is 0 Å². The number of hydrogen-bond donors (Lipinski definition) is 2. The molecule has 4 nitrogen and oxygen atoms in total. The topological polar surface area (TPSA) is 58.2 Å².